The molecule has 0 saturated carbocycles. The average Bonchev–Trinajstić information content (AvgIpc) is 2.96. The molecule has 0 saturated heterocycles. The zero-order valence-electron chi connectivity index (χ0n) is 12.0. The van der Waals surface area contributed by atoms with Gasteiger partial charge in [-0.25, -0.2) is 4.98 Å². The van der Waals surface area contributed by atoms with Gasteiger partial charge < -0.3 is 14.9 Å². The van der Waals surface area contributed by atoms with E-state index in [1.165, 1.54) is 0 Å². The van der Waals surface area contributed by atoms with Gasteiger partial charge in [-0.05, 0) is 12.1 Å². The predicted octanol–water partition coefficient (Wildman–Crippen LogP) is 1.61. The van der Waals surface area contributed by atoms with Gasteiger partial charge in [-0.15, -0.1) is 11.3 Å². The van der Waals surface area contributed by atoms with Crippen LogP contribution in [-0.2, 0) is 6.54 Å². The molecule has 2 rings (SSSR count). The molecular formula is C15H20N2O3S. The molecule has 0 amide bonds. The minimum atomic E-state index is 0.0729. The van der Waals surface area contributed by atoms with Gasteiger partial charge in [0.15, 0.2) is 0 Å². The van der Waals surface area contributed by atoms with Crippen LogP contribution in [0.15, 0.2) is 29.6 Å². The number of aliphatic hydroxyl groups excluding tert-OH is 2. The summed E-state index contributed by atoms with van der Waals surface area (Å²) in [4.78, 5) is 6.60. The van der Waals surface area contributed by atoms with Crippen LogP contribution in [0.5, 0.6) is 5.75 Å². The molecule has 0 fully saturated rings. The van der Waals surface area contributed by atoms with Crippen molar-refractivity contribution < 1.29 is 14.9 Å². The second-order valence-corrected chi connectivity index (χ2v) is 5.43. The SMILES string of the molecule is COc1ccccc1-c1nc(CN(CCO)CCO)cs1. The maximum Gasteiger partial charge on any atom is 0.129 e. The van der Waals surface area contributed by atoms with Crippen molar-refractivity contribution in [2.75, 3.05) is 33.4 Å². The summed E-state index contributed by atoms with van der Waals surface area (Å²) in [5, 5.41) is 21.0. The normalized spacial score (nSPS) is 11.0. The van der Waals surface area contributed by atoms with E-state index in [1.54, 1.807) is 18.4 Å². The van der Waals surface area contributed by atoms with Crippen LogP contribution in [0.4, 0.5) is 0 Å². The van der Waals surface area contributed by atoms with E-state index in [0.29, 0.717) is 19.6 Å². The zero-order valence-corrected chi connectivity index (χ0v) is 12.8. The molecule has 6 heteroatoms. The lowest BCUT2D eigenvalue weighted by Gasteiger charge is -2.18. The fraction of sp³-hybridized carbons (Fsp3) is 0.400. The Bertz CT molecular complexity index is 553. The maximum absolute atomic E-state index is 9.04. The molecule has 1 aromatic carbocycles. The van der Waals surface area contributed by atoms with Crippen LogP contribution in [0.2, 0.25) is 0 Å². The first-order valence-corrected chi connectivity index (χ1v) is 7.68. The van der Waals surface area contributed by atoms with Crippen LogP contribution in [0.3, 0.4) is 0 Å². The summed E-state index contributed by atoms with van der Waals surface area (Å²) < 4.78 is 5.36. The Morgan fingerprint density at radius 1 is 1.19 bits per heavy atom. The molecule has 0 aliphatic rings. The highest BCUT2D eigenvalue weighted by Crippen LogP contribution is 2.32. The lowest BCUT2D eigenvalue weighted by molar-refractivity contribution is 0.155. The molecule has 0 spiro atoms. The van der Waals surface area contributed by atoms with E-state index in [0.717, 1.165) is 22.0 Å². The molecule has 0 radical (unpaired) electrons. The molecule has 2 N–H and O–H groups in total. The van der Waals surface area contributed by atoms with Gasteiger partial charge in [0.2, 0.25) is 0 Å². The number of hydrogen-bond acceptors (Lipinski definition) is 6. The highest BCUT2D eigenvalue weighted by molar-refractivity contribution is 7.13. The Labute approximate surface area is 128 Å². The molecular weight excluding hydrogens is 288 g/mol. The van der Waals surface area contributed by atoms with Gasteiger partial charge >= 0.3 is 0 Å². The number of methoxy groups -OCH3 is 1. The average molecular weight is 308 g/mol. The number of nitrogens with zero attached hydrogens (tertiary/aromatic N) is 2. The van der Waals surface area contributed by atoms with E-state index in [1.807, 2.05) is 34.5 Å². The Morgan fingerprint density at radius 3 is 2.57 bits per heavy atom. The van der Waals surface area contributed by atoms with Crippen molar-refractivity contribution in [3.63, 3.8) is 0 Å². The van der Waals surface area contributed by atoms with Crippen LogP contribution in [0.1, 0.15) is 5.69 Å². The Balaban J connectivity index is 2.13. The van der Waals surface area contributed by atoms with E-state index >= 15 is 0 Å². The summed E-state index contributed by atoms with van der Waals surface area (Å²) in [6.07, 6.45) is 0. The molecule has 114 valence electrons. The first-order valence-electron chi connectivity index (χ1n) is 6.80. The summed E-state index contributed by atoms with van der Waals surface area (Å²) in [6.45, 7) is 1.82. The summed E-state index contributed by atoms with van der Waals surface area (Å²) in [5.41, 5.74) is 1.91. The number of rotatable bonds is 8. The van der Waals surface area contributed by atoms with Crippen LogP contribution in [0.25, 0.3) is 10.6 Å². The fourth-order valence-corrected chi connectivity index (χ4v) is 2.95. The third kappa shape index (κ3) is 4.25. The molecule has 5 nitrogen and oxygen atoms in total. The Kier molecular flexibility index (Phi) is 6.13. The van der Waals surface area contributed by atoms with E-state index in [2.05, 4.69) is 4.98 Å². The summed E-state index contributed by atoms with van der Waals surface area (Å²) in [6, 6.07) is 7.80. The van der Waals surface area contributed by atoms with E-state index < -0.39 is 0 Å². The number of hydrogen-bond donors (Lipinski definition) is 2. The molecule has 2 aromatic rings. The Hall–Kier alpha value is -1.47. The number of para-hydroxylation sites is 1. The van der Waals surface area contributed by atoms with Gasteiger partial charge in [-0.1, -0.05) is 12.1 Å². The van der Waals surface area contributed by atoms with Crippen molar-refractivity contribution in [3.05, 3.63) is 35.3 Å². The largest absolute Gasteiger partial charge is 0.496 e. The lowest BCUT2D eigenvalue weighted by atomic mass is 10.2. The molecule has 0 atom stereocenters. The summed E-state index contributed by atoms with van der Waals surface area (Å²) in [7, 11) is 1.65. The van der Waals surface area contributed by atoms with Gasteiger partial charge in [0.25, 0.3) is 0 Å². The molecule has 21 heavy (non-hydrogen) atoms. The number of thiazole rings is 1. The van der Waals surface area contributed by atoms with Gasteiger partial charge in [0, 0.05) is 25.0 Å². The van der Waals surface area contributed by atoms with Crippen LogP contribution in [-0.4, -0.2) is 53.5 Å². The first-order chi connectivity index (χ1) is 10.3. The molecule has 1 heterocycles. The van der Waals surface area contributed by atoms with Crippen LogP contribution < -0.4 is 4.74 Å². The minimum absolute atomic E-state index is 0.0729. The van der Waals surface area contributed by atoms with E-state index in [9.17, 15) is 0 Å². The van der Waals surface area contributed by atoms with E-state index in [-0.39, 0.29) is 13.2 Å². The predicted molar refractivity (Wildman–Crippen MR) is 83.6 cm³/mol. The highest BCUT2D eigenvalue weighted by atomic mass is 32.1. The van der Waals surface area contributed by atoms with Crippen molar-refractivity contribution in [2.24, 2.45) is 0 Å². The summed E-state index contributed by atoms with van der Waals surface area (Å²) in [5.74, 6) is 0.806. The van der Waals surface area contributed by atoms with Crippen molar-refractivity contribution in [1.29, 1.82) is 0 Å². The van der Waals surface area contributed by atoms with Crippen LogP contribution in [0, 0.1) is 0 Å². The highest BCUT2D eigenvalue weighted by Gasteiger charge is 2.12. The zero-order chi connectivity index (χ0) is 15.1. The third-order valence-electron chi connectivity index (χ3n) is 3.11. The monoisotopic (exact) mass is 308 g/mol. The van der Waals surface area contributed by atoms with Crippen molar-refractivity contribution in [2.45, 2.75) is 6.54 Å². The van der Waals surface area contributed by atoms with Gasteiger partial charge in [-0.3, -0.25) is 4.90 Å². The van der Waals surface area contributed by atoms with Crippen LogP contribution >= 0.6 is 11.3 Å². The van der Waals surface area contributed by atoms with Crippen molar-refractivity contribution >= 4 is 11.3 Å². The second kappa shape index (κ2) is 8.09. The fourth-order valence-electron chi connectivity index (χ4n) is 2.11. The van der Waals surface area contributed by atoms with Gasteiger partial charge in [-0.2, -0.15) is 0 Å². The quantitative estimate of drug-likeness (QED) is 0.775. The molecule has 0 aliphatic heterocycles. The van der Waals surface area contributed by atoms with Crippen molar-refractivity contribution in [3.8, 4) is 16.3 Å². The first kappa shape index (κ1) is 15.9. The van der Waals surface area contributed by atoms with E-state index in [4.69, 9.17) is 14.9 Å². The van der Waals surface area contributed by atoms with Gasteiger partial charge in [0.1, 0.15) is 10.8 Å². The minimum Gasteiger partial charge on any atom is -0.496 e. The molecule has 1 aromatic heterocycles. The number of benzene rings is 1. The number of ether oxygens (including phenoxy) is 1. The van der Waals surface area contributed by atoms with Gasteiger partial charge in [0.05, 0.1) is 31.6 Å². The second-order valence-electron chi connectivity index (χ2n) is 4.57. The standard InChI is InChI=1S/C15H20N2O3S/c1-20-14-5-3-2-4-13(14)15-16-12(11-21-15)10-17(6-8-18)7-9-19/h2-5,11,18-19H,6-10H2,1H3. The number of aliphatic hydroxyl groups is 2. The third-order valence-corrected chi connectivity index (χ3v) is 4.03. The molecule has 0 bridgehead atoms. The molecule has 0 aliphatic carbocycles. The topological polar surface area (TPSA) is 65.8 Å². The number of aromatic nitrogens is 1. The smallest absolute Gasteiger partial charge is 0.129 e. The molecule has 0 unspecified atom stereocenters. The Morgan fingerprint density at radius 2 is 1.90 bits per heavy atom. The lowest BCUT2D eigenvalue weighted by Crippen LogP contribution is -2.29. The van der Waals surface area contributed by atoms with Crippen molar-refractivity contribution in [1.82, 2.24) is 9.88 Å². The summed E-state index contributed by atoms with van der Waals surface area (Å²) >= 11 is 1.57. The maximum atomic E-state index is 9.04.